The van der Waals surface area contributed by atoms with Crippen LogP contribution < -0.4 is 5.56 Å². The average molecular weight is 285 g/mol. The summed E-state index contributed by atoms with van der Waals surface area (Å²) in [5.41, 5.74) is -0.691. The van der Waals surface area contributed by atoms with Gasteiger partial charge in [-0.25, -0.2) is 13.9 Å². The van der Waals surface area contributed by atoms with Gasteiger partial charge in [0.25, 0.3) is 5.56 Å². The molecule has 7 heteroatoms. The highest BCUT2D eigenvalue weighted by molar-refractivity contribution is 6.30. The van der Waals surface area contributed by atoms with Crippen LogP contribution in [0.25, 0.3) is 5.69 Å². The van der Waals surface area contributed by atoms with Crippen LogP contribution in [0.5, 0.6) is 0 Å². The van der Waals surface area contributed by atoms with E-state index in [0.717, 1.165) is 10.7 Å². The number of benzene rings is 1. The number of nitrogens with zero attached hydrogens (tertiary/aromatic N) is 1. The average Bonchev–Trinajstić information content (AvgIpc) is 2.75. The minimum atomic E-state index is -0.747. The van der Waals surface area contributed by atoms with Gasteiger partial charge in [0.1, 0.15) is 11.4 Å². The summed E-state index contributed by atoms with van der Waals surface area (Å²) in [5, 5.41) is 2.37. The van der Waals surface area contributed by atoms with E-state index in [4.69, 9.17) is 16.3 Å². The third kappa shape index (κ3) is 2.53. The largest absolute Gasteiger partial charge is 0.461 e. The Morgan fingerprint density at radius 1 is 1.53 bits per heavy atom. The van der Waals surface area contributed by atoms with E-state index in [2.05, 4.69) is 5.10 Å². The van der Waals surface area contributed by atoms with Crippen LogP contribution in [0.15, 0.2) is 29.1 Å². The summed E-state index contributed by atoms with van der Waals surface area (Å²) < 4.78 is 19.4. The number of esters is 1. The maximum absolute atomic E-state index is 13.8. The van der Waals surface area contributed by atoms with Crippen molar-refractivity contribution in [1.29, 1.82) is 0 Å². The maximum Gasteiger partial charge on any atom is 0.356 e. The molecule has 100 valence electrons. The summed E-state index contributed by atoms with van der Waals surface area (Å²) in [6, 6.07) is 5.27. The fourth-order valence-electron chi connectivity index (χ4n) is 1.55. The number of halogens is 2. The molecule has 2 rings (SSSR count). The number of carbonyl (C=O) groups excluding carboxylic acids is 1. The molecule has 0 radical (unpaired) electrons. The van der Waals surface area contributed by atoms with Crippen molar-refractivity contribution < 1.29 is 13.9 Å². The fourth-order valence-corrected chi connectivity index (χ4v) is 1.72. The molecule has 2 aromatic rings. The highest BCUT2D eigenvalue weighted by Gasteiger charge is 2.16. The topological polar surface area (TPSA) is 64.1 Å². The molecule has 1 aromatic carbocycles. The molecule has 0 saturated heterocycles. The van der Waals surface area contributed by atoms with Crippen LogP contribution in [0.4, 0.5) is 4.39 Å². The first kappa shape index (κ1) is 13.4. The predicted molar refractivity (Wildman–Crippen MR) is 67.3 cm³/mol. The molecule has 0 fully saturated rings. The van der Waals surface area contributed by atoms with Crippen molar-refractivity contribution in [3.8, 4) is 5.69 Å². The molecule has 0 spiro atoms. The van der Waals surface area contributed by atoms with E-state index in [0.29, 0.717) is 0 Å². The second-order valence-corrected chi connectivity index (χ2v) is 4.04. The van der Waals surface area contributed by atoms with Crippen molar-refractivity contribution in [2.75, 3.05) is 6.61 Å². The van der Waals surface area contributed by atoms with Crippen molar-refractivity contribution in [1.82, 2.24) is 9.78 Å². The molecular formula is C12H10ClFN2O3. The summed E-state index contributed by atoms with van der Waals surface area (Å²) in [5.74, 6) is -1.43. The number of aromatic nitrogens is 2. The first-order chi connectivity index (χ1) is 9.04. The monoisotopic (exact) mass is 284 g/mol. The lowest BCUT2D eigenvalue weighted by atomic mass is 10.3. The van der Waals surface area contributed by atoms with Gasteiger partial charge in [0, 0.05) is 6.07 Å². The smallest absolute Gasteiger partial charge is 0.356 e. The number of rotatable bonds is 3. The molecule has 0 unspecified atom stereocenters. The van der Waals surface area contributed by atoms with Gasteiger partial charge < -0.3 is 4.74 Å². The summed E-state index contributed by atoms with van der Waals surface area (Å²) >= 11 is 5.64. The van der Waals surface area contributed by atoms with E-state index in [1.54, 1.807) is 6.92 Å². The van der Waals surface area contributed by atoms with Crippen molar-refractivity contribution in [3.63, 3.8) is 0 Å². The number of H-pyrrole nitrogens is 1. The zero-order valence-electron chi connectivity index (χ0n) is 9.94. The molecule has 1 heterocycles. The zero-order valence-corrected chi connectivity index (χ0v) is 10.7. The third-order valence-electron chi connectivity index (χ3n) is 2.39. The Morgan fingerprint density at radius 2 is 2.26 bits per heavy atom. The van der Waals surface area contributed by atoms with Crippen LogP contribution >= 0.6 is 11.6 Å². The van der Waals surface area contributed by atoms with Crippen LogP contribution in [0.2, 0.25) is 5.02 Å². The van der Waals surface area contributed by atoms with E-state index in [9.17, 15) is 14.0 Å². The second-order valence-electron chi connectivity index (χ2n) is 3.64. The number of carbonyl (C=O) groups is 1. The summed E-state index contributed by atoms with van der Waals surface area (Å²) in [7, 11) is 0. The summed E-state index contributed by atoms with van der Waals surface area (Å²) in [6.45, 7) is 1.82. The zero-order chi connectivity index (χ0) is 14.0. The first-order valence-electron chi connectivity index (χ1n) is 5.48. The molecule has 0 saturated carbocycles. The quantitative estimate of drug-likeness (QED) is 0.878. The van der Waals surface area contributed by atoms with Crippen LogP contribution in [-0.2, 0) is 4.74 Å². The van der Waals surface area contributed by atoms with Gasteiger partial charge >= 0.3 is 5.97 Å². The van der Waals surface area contributed by atoms with E-state index in [1.165, 1.54) is 18.2 Å². The van der Waals surface area contributed by atoms with Crippen molar-refractivity contribution >= 4 is 17.6 Å². The van der Waals surface area contributed by atoms with Gasteiger partial charge in [0.05, 0.1) is 11.6 Å². The third-order valence-corrected chi connectivity index (χ3v) is 2.68. The number of nitrogens with one attached hydrogen (secondary N) is 1. The van der Waals surface area contributed by atoms with E-state index in [-0.39, 0.29) is 23.0 Å². The summed E-state index contributed by atoms with van der Waals surface area (Å²) in [6.07, 6.45) is 0. The molecule has 0 atom stereocenters. The van der Waals surface area contributed by atoms with Crippen LogP contribution in [-0.4, -0.2) is 22.4 Å². The molecule has 0 aliphatic heterocycles. The lowest BCUT2D eigenvalue weighted by Gasteiger charge is -2.04. The highest BCUT2D eigenvalue weighted by atomic mass is 35.5. The first-order valence-corrected chi connectivity index (χ1v) is 5.86. The highest BCUT2D eigenvalue weighted by Crippen LogP contribution is 2.19. The van der Waals surface area contributed by atoms with Gasteiger partial charge in [0.2, 0.25) is 0 Å². The molecule has 0 aliphatic carbocycles. The second kappa shape index (κ2) is 5.27. The van der Waals surface area contributed by atoms with Gasteiger partial charge in [-0.3, -0.25) is 9.89 Å². The molecule has 5 nitrogen and oxygen atoms in total. The van der Waals surface area contributed by atoms with E-state index in [1.807, 2.05) is 0 Å². The lowest BCUT2D eigenvalue weighted by Crippen LogP contribution is -2.15. The van der Waals surface area contributed by atoms with Crippen LogP contribution in [0.3, 0.4) is 0 Å². The van der Waals surface area contributed by atoms with Crippen LogP contribution in [0.1, 0.15) is 17.4 Å². The Balaban J connectivity index is 2.49. The SMILES string of the molecule is CCOC(=O)c1cc(=O)n(-c2cccc(Cl)c2F)[nH]1. The van der Waals surface area contributed by atoms with Crippen molar-refractivity contribution in [2.45, 2.75) is 6.92 Å². The molecule has 1 aromatic heterocycles. The molecular weight excluding hydrogens is 275 g/mol. The Morgan fingerprint density at radius 3 is 2.95 bits per heavy atom. The summed E-state index contributed by atoms with van der Waals surface area (Å²) in [4.78, 5) is 23.2. The normalized spacial score (nSPS) is 10.5. The number of hydrogen-bond acceptors (Lipinski definition) is 3. The van der Waals surface area contributed by atoms with Gasteiger partial charge in [-0.2, -0.15) is 0 Å². The molecule has 19 heavy (non-hydrogen) atoms. The number of hydrogen-bond donors (Lipinski definition) is 1. The Bertz CT molecular complexity index is 678. The van der Waals surface area contributed by atoms with Gasteiger partial charge in [-0.15, -0.1) is 0 Å². The molecule has 0 bridgehead atoms. The number of aromatic amines is 1. The van der Waals surface area contributed by atoms with Crippen molar-refractivity contribution in [3.05, 3.63) is 51.2 Å². The molecule has 0 aliphatic rings. The predicted octanol–water partition coefficient (Wildman–Crippen LogP) is 2.13. The Hall–Kier alpha value is -2.08. The molecule has 0 amide bonds. The minimum absolute atomic E-state index is 0.0498. The lowest BCUT2D eigenvalue weighted by molar-refractivity contribution is 0.0519. The van der Waals surface area contributed by atoms with Gasteiger partial charge in [-0.05, 0) is 19.1 Å². The molecule has 1 N–H and O–H groups in total. The van der Waals surface area contributed by atoms with Gasteiger partial charge in [0.15, 0.2) is 5.82 Å². The fraction of sp³-hybridized carbons (Fsp3) is 0.167. The van der Waals surface area contributed by atoms with Gasteiger partial charge in [-0.1, -0.05) is 17.7 Å². The van der Waals surface area contributed by atoms with Crippen LogP contribution in [0, 0.1) is 5.82 Å². The van der Waals surface area contributed by atoms with E-state index < -0.39 is 17.3 Å². The number of ether oxygens (including phenoxy) is 1. The van der Waals surface area contributed by atoms with E-state index >= 15 is 0 Å². The Kier molecular flexibility index (Phi) is 3.71. The Labute approximate surface area is 112 Å². The minimum Gasteiger partial charge on any atom is -0.461 e. The maximum atomic E-state index is 13.8. The van der Waals surface area contributed by atoms with Crippen molar-refractivity contribution in [2.24, 2.45) is 0 Å². The standard InChI is InChI=1S/C12H10ClFN2O3/c1-2-19-12(18)8-6-10(17)16(15-8)9-5-3-4-7(13)11(9)14/h3-6,15H,2H2,1H3.